The van der Waals surface area contributed by atoms with Gasteiger partial charge in [0.1, 0.15) is 9.75 Å². The Bertz CT molecular complexity index is 2650. The van der Waals surface area contributed by atoms with Crippen molar-refractivity contribution in [1.82, 2.24) is 29.5 Å². The summed E-state index contributed by atoms with van der Waals surface area (Å²) in [6.07, 6.45) is -28.3. The van der Waals surface area contributed by atoms with Gasteiger partial charge in [0, 0.05) is 19.8 Å². The van der Waals surface area contributed by atoms with E-state index in [0.717, 1.165) is 19.7 Å². The van der Waals surface area contributed by atoms with Gasteiger partial charge in [0.2, 0.25) is 25.9 Å². The third-order valence-corrected chi connectivity index (χ3v) is 13.0. The minimum absolute atomic E-state index is 0.0894. The van der Waals surface area contributed by atoms with E-state index in [9.17, 15) is 97.0 Å². The van der Waals surface area contributed by atoms with Crippen molar-refractivity contribution < 1.29 is 107 Å². The minimum atomic E-state index is -5.15. The predicted octanol–water partition coefficient (Wildman–Crippen LogP) is 11.0. The number of thioether (sulfide) groups is 1. The summed E-state index contributed by atoms with van der Waals surface area (Å²) in [5.41, 5.74) is -3.38. The molecule has 4 aromatic heterocycles. The summed E-state index contributed by atoms with van der Waals surface area (Å²) in [5, 5.41) is 6.19. The molecule has 68 heavy (non-hydrogen) atoms. The summed E-state index contributed by atoms with van der Waals surface area (Å²) in [5.74, 6) is -7.04. The van der Waals surface area contributed by atoms with Crippen LogP contribution in [0.5, 0.6) is 11.8 Å². The lowest BCUT2D eigenvalue weighted by Crippen LogP contribution is -2.21. The molecule has 35 heteroatoms. The fourth-order valence-electron chi connectivity index (χ4n) is 4.62. The maximum absolute atomic E-state index is 13.1. The number of ether oxygens (including phenoxy) is 2. The first-order chi connectivity index (χ1) is 30.8. The molecule has 0 aliphatic carbocycles. The molecule has 4 heterocycles. The second kappa shape index (κ2) is 21.4. The second-order valence-corrected chi connectivity index (χ2v) is 18.4. The third kappa shape index (κ3) is 15.9. The SMILES string of the molecule is Cc1ccc(S(=O)(=O)c2ncc(C(=O)C(F)(F)F)s2)cc1.Cn1nc(C(F)(F)F)c(CCl)c1OCC(F)(F)F.Cn1nc(C(F)(F)F)c(CSc2ncc(C(=O)C(F)(F)F)s2)c1OCC(F)(F)F. The van der Waals surface area contributed by atoms with E-state index >= 15 is 0 Å². The van der Waals surface area contributed by atoms with Crippen LogP contribution in [0.2, 0.25) is 0 Å². The lowest BCUT2D eigenvalue weighted by Gasteiger charge is -2.11. The number of alkyl halides is 19. The molecule has 0 radical (unpaired) electrons. The predicted molar refractivity (Wildman–Crippen MR) is 200 cm³/mol. The van der Waals surface area contributed by atoms with Crippen molar-refractivity contribution in [3.8, 4) is 11.8 Å². The number of carbonyl (C=O) groups is 2. The number of hydrogen-bond donors (Lipinski definition) is 0. The number of thiazole rings is 2. The lowest BCUT2D eigenvalue weighted by atomic mass is 10.2. The first-order valence-corrected chi connectivity index (χ1v) is 21.7. The third-order valence-electron chi connectivity index (χ3n) is 7.42. The molecule has 0 unspecified atom stereocenters. The summed E-state index contributed by atoms with van der Waals surface area (Å²) in [6.45, 7) is -1.82. The van der Waals surface area contributed by atoms with E-state index in [4.69, 9.17) is 11.6 Å². The molecule has 0 atom stereocenters. The fourth-order valence-corrected chi connectivity index (χ4v) is 9.30. The zero-order valence-electron chi connectivity index (χ0n) is 33.2. The van der Waals surface area contributed by atoms with Crippen LogP contribution in [-0.2, 0) is 47.9 Å². The number of halogens is 19. The number of hydrogen-bond acceptors (Lipinski definition) is 13. The Morgan fingerprint density at radius 3 is 1.49 bits per heavy atom. The topological polar surface area (TPSA) is 148 Å². The number of aryl methyl sites for hydroxylation is 3. The van der Waals surface area contributed by atoms with Gasteiger partial charge < -0.3 is 9.47 Å². The Morgan fingerprint density at radius 1 is 0.662 bits per heavy atom. The highest BCUT2D eigenvalue weighted by Crippen LogP contribution is 2.41. The first kappa shape index (κ1) is 57.5. The Hall–Kier alpha value is -4.83. The van der Waals surface area contributed by atoms with Crippen LogP contribution in [0.15, 0.2) is 50.2 Å². The van der Waals surface area contributed by atoms with Gasteiger partial charge in [-0.15, -0.1) is 22.9 Å². The lowest BCUT2D eigenvalue weighted by molar-refractivity contribution is -0.155. The Balaban J connectivity index is 0.000000280. The molecule has 12 nitrogen and oxygen atoms in total. The second-order valence-electron chi connectivity index (χ2n) is 12.7. The van der Waals surface area contributed by atoms with Gasteiger partial charge in [0.05, 0.1) is 34.3 Å². The molecule has 0 aliphatic rings. The van der Waals surface area contributed by atoms with Crippen LogP contribution in [0.25, 0.3) is 0 Å². The summed E-state index contributed by atoms with van der Waals surface area (Å²) < 4.78 is 257. The molecule has 0 bridgehead atoms. The fraction of sp³-hybridized carbons (Fsp3) is 0.394. The van der Waals surface area contributed by atoms with E-state index in [1.165, 1.54) is 12.1 Å². The maximum atomic E-state index is 13.1. The summed E-state index contributed by atoms with van der Waals surface area (Å²) in [7, 11) is -2.04. The van der Waals surface area contributed by atoms with E-state index in [2.05, 4.69) is 29.6 Å². The molecule has 0 N–H and O–H groups in total. The van der Waals surface area contributed by atoms with Crippen molar-refractivity contribution in [3.63, 3.8) is 0 Å². The Kier molecular flexibility index (Phi) is 18.1. The van der Waals surface area contributed by atoms with E-state index < -0.39 is 132 Å². The summed E-state index contributed by atoms with van der Waals surface area (Å²) >= 11 is 6.27. The van der Waals surface area contributed by atoms with Crippen molar-refractivity contribution in [3.05, 3.63) is 74.5 Å². The largest absolute Gasteiger partial charge is 0.468 e. The highest BCUT2D eigenvalue weighted by molar-refractivity contribution is 8.00. The first-order valence-electron chi connectivity index (χ1n) is 17.1. The van der Waals surface area contributed by atoms with Crippen molar-refractivity contribution in [2.75, 3.05) is 13.2 Å². The van der Waals surface area contributed by atoms with Gasteiger partial charge in [0.25, 0.3) is 11.6 Å². The van der Waals surface area contributed by atoms with E-state index in [0.29, 0.717) is 33.5 Å². The minimum Gasteiger partial charge on any atom is -0.468 e. The standard InChI is InChI=1S/C13H8F9N3O2S2.C12H8F3NO3S2.C8H7ClF6N2O/c1-25-9(27-4-11(14,15)16)5(7(24-25)12(17,18)19)3-28-10-23-2-6(29-10)8(26)13(20,21)22;1-7-2-4-8(5-3-7)21(18,19)11-16-6-9(20-11)10(17)12(13,14)15;1-17-6(18-3-7(10,11)12)4(2-9)5(16-17)8(13,14)15/h2H,3-4H2,1H3;2-6H,1H3;2-3H2,1H3. The number of ketones is 2. The average molecular weight is 1110 g/mol. The molecular formula is C33H23ClF18N6O6S4. The number of aromatic nitrogens is 6. The molecule has 0 saturated heterocycles. The quantitative estimate of drug-likeness (QED) is 0.0509. The molecule has 1 aromatic carbocycles. The van der Waals surface area contributed by atoms with Crippen LogP contribution in [0.4, 0.5) is 79.0 Å². The van der Waals surface area contributed by atoms with Crippen LogP contribution in [0.1, 0.15) is 47.4 Å². The van der Waals surface area contributed by atoms with Crippen LogP contribution in [0, 0.1) is 6.92 Å². The van der Waals surface area contributed by atoms with Crippen LogP contribution < -0.4 is 9.47 Å². The van der Waals surface area contributed by atoms with Gasteiger partial charge in [-0.2, -0.15) is 89.2 Å². The van der Waals surface area contributed by atoms with Crippen molar-refractivity contribution >= 4 is 67.4 Å². The van der Waals surface area contributed by atoms with Crippen LogP contribution in [-0.4, -0.2) is 87.4 Å². The van der Waals surface area contributed by atoms with Crippen LogP contribution >= 0.6 is 46.0 Å². The zero-order valence-corrected chi connectivity index (χ0v) is 37.3. The Morgan fingerprint density at radius 2 is 1.07 bits per heavy atom. The van der Waals surface area contributed by atoms with Gasteiger partial charge in [0.15, 0.2) is 28.9 Å². The Labute approximate surface area is 385 Å². The van der Waals surface area contributed by atoms with E-state index in [-0.39, 0.29) is 31.9 Å². The number of carbonyl (C=O) groups excluding carboxylic acids is 2. The van der Waals surface area contributed by atoms with Gasteiger partial charge >= 0.3 is 37.1 Å². The zero-order chi connectivity index (χ0) is 52.2. The number of benzene rings is 1. The molecule has 0 fully saturated rings. The van der Waals surface area contributed by atoms with Gasteiger partial charge in [-0.1, -0.05) is 40.8 Å². The smallest absolute Gasteiger partial charge is 0.455 e. The summed E-state index contributed by atoms with van der Waals surface area (Å²) in [4.78, 5) is 27.5. The molecule has 0 spiro atoms. The van der Waals surface area contributed by atoms with E-state index in [1.54, 1.807) is 19.1 Å². The van der Waals surface area contributed by atoms with Gasteiger partial charge in [-0.3, -0.25) is 9.59 Å². The summed E-state index contributed by atoms with van der Waals surface area (Å²) in [6, 6.07) is 5.78. The monoisotopic (exact) mass is 1100 g/mol. The van der Waals surface area contributed by atoms with Crippen molar-refractivity contribution in [2.24, 2.45) is 14.1 Å². The molecule has 378 valence electrons. The average Bonchev–Trinajstić information content (AvgIpc) is 3.99. The van der Waals surface area contributed by atoms with Gasteiger partial charge in [-0.05, 0) is 19.1 Å². The van der Waals surface area contributed by atoms with Crippen LogP contribution in [0.3, 0.4) is 0 Å². The number of Topliss-reactive ketones (excluding diaryl/α,β-unsaturated/α-hetero) is 2. The number of nitrogens with zero attached hydrogens (tertiary/aromatic N) is 6. The van der Waals surface area contributed by atoms with Gasteiger partial charge in [-0.25, -0.2) is 27.7 Å². The number of rotatable bonds is 12. The van der Waals surface area contributed by atoms with E-state index in [1.807, 2.05) is 0 Å². The maximum Gasteiger partial charge on any atom is 0.455 e. The molecule has 5 aromatic rings. The molecule has 5 rings (SSSR count). The molecule has 0 saturated carbocycles. The number of sulfone groups is 1. The molecule has 0 aliphatic heterocycles. The highest BCUT2D eigenvalue weighted by atomic mass is 35.5. The normalized spacial score (nSPS) is 12.8. The highest BCUT2D eigenvalue weighted by Gasteiger charge is 2.44. The van der Waals surface area contributed by atoms with Crippen molar-refractivity contribution in [1.29, 1.82) is 0 Å². The molecule has 0 amide bonds. The van der Waals surface area contributed by atoms with Crippen molar-refractivity contribution in [2.45, 2.75) is 69.2 Å². The molecular weight excluding hydrogens is 1080 g/mol.